The Hall–Kier alpha value is -2.33. The van der Waals surface area contributed by atoms with E-state index in [0.717, 1.165) is 27.3 Å². The third-order valence-corrected chi connectivity index (χ3v) is 3.60. The van der Waals surface area contributed by atoms with E-state index in [1.54, 1.807) is 0 Å². The van der Waals surface area contributed by atoms with Crippen molar-refractivity contribution < 1.29 is 0 Å². The number of hydrogen-bond donors (Lipinski definition) is 2. The molecular formula is C16H15ClN4. The highest BCUT2D eigenvalue weighted by molar-refractivity contribution is 6.30. The summed E-state index contributed by atoms with van der Waals surface area (Å²) in [6, 6.07) is 13.5. The van der Waals surface area contributed by atoms with Crippen LogP contribution < -0.4 is 11.1 Å². The van der Waals surface area contributed by atoms with Crippen molar-refractivity contribution in [2.45, 2.75) is 13.0 Å². The molecule has 1 atom stereocenters. The average molecular weight is 299 g/mol. The number of nitrogens with one attached hydrogen (secondary N) is 1. The second kappa shape index (κ2) is 5.58. The maximum Gasteiger partial charge on any atom is 0.137 e. The molecule has 0 radical (unpaired) electrons. The van der Waals surface area contributed by atoms with Crippen LogP contribution in [0.1, 0.15) is 18.5 Å². The van der Waals surface area contributed by atoms with Gasteiger partial charge in [-0.25, -0.2) is 9.97 Å². The number of nitrogen functional groups attached to an aromatic ring is 1. The highest BCUT2D eigenvalue weighted by Gasteiger charge is 2.09. The molecule has 3 rings (SSSR count). The summed E-state index contributed by atoms with van der Waals surface area (Å²) in [6.45, 7) is 2.07. The fourth-order valence-electron chi connectivity index (χ4n) is 2.25. The summed E-state index contributed by atoms with van der Waals surface area (Å²) >= 11 is 6.04. The van der Waals surface area contributed by atoms with Crippen LogP contribution >= 0.6 is 11.6 Å². The van der Waals surface area contributed by atoms with E-state index in [2.05, 4.69) is 22.2 Å². The fourth-order valence-corrected chi connectivity index (χ4v) is 2.45. The van der Waals surface area contributed by atoms with Gasteiger partial charge in [0, 0.05) is 16.1 Å². The molecule has 0 aliphatic carbocycles. The van der Waals surface area contributed by atoms with Gasteiger partial charge in [-0.3, -0.25) is 0 Å². The largest absolute Gasteiger partial charge is 0.399 e. The van der Waals surface area contributed by atoms with Gasteiger partial charge in [-0.05, 0) is 42.8 Å². The van der Waals surface area contributed by atoms with Gasteiger partial charge in [0.25, 0.3) is 0 Å². The van der Waals surface area contributed by atoms with Crippen LogP contribution in [0.2, 0.25) is 5.02 Å². The minimum atomic E-state index is 0.0827. The van der Waals surface area contributed by atoms with Crippen molar-refractivity contribution in [1.29, 1.82) is 0 Å². The van der Waals surface area contributed by atoms with Gasteiger partial charge < -0.3 is 11.1 Å². The molecule has 0 saturated carbocycles. The van der Waals surface area contributed by atoms with E-state index in [1.807, 2.05) is 42.5 Å². The van der Waals surface area contributed by atoms with E-state index >= 15 is 0 Å². The van der Waals surface area contributed by atoms with Crippen molar-refractivity contribution >= 4 is 34.0 Å². The van der Waals surface area contributed by atoms with E-state index in [0.29, 0.717) is 5.69 Å². The number of hydrogen-bond acceptors (Lipinski definition) is 4. The molecule has 0 fully saturated rings. The predicted molar refractivity (Wildman–Crippen MR) is 87.4 cm³/mol. The standard InChI is InChI=1S/C16H15ClN4/c1-10(11-3-2-4-12(17)7-11)21-16-14-6-5-13(18)8-15(14)19-9-20-16/h2-10H,18H2,1H3,(H,19,20,21). The summed E-state index contributed by atoms with van der Waals surface area (Å²) < 4.78 is 0. The van der Waals surface area contributed by atoms with Crippen LogP contribution in [0.25, 0.3) is 10.9 Å². The first kappa shape index (κ1) is 13.6. The Morgan fingerprint density at radius 2 is 2.00 bits per heavy atom. The van der Waals surface area contributed by atoms with Gasteiger partial charge in [-0.1, -0.05) is 23.7 Å². The lowest BCUT2D eigenvalue weighted by atomic mass is 10.1. The number of anilines is 2. The van der Waals surface area contributed by atoms with Crippen molar-refractivity contribution in [3.63, 3.8) is 0 Å². The summed E-state index contributed by atoms with van der Waals surface area (Å²) in [6.07, 6.45) is 1.54. The Labute approximate surface area is 128 Å². The first-order chi connectivity index (χ1) is 10.1. The second-order valence-corrected chi connectivity index (χ2v) is 5.36. The number of aromatic nitrogens is 2. The molecule has 0 spiro atoms. The summed E-state index contributed by atoms with van der Waals surface area (Å²) in [7, 11) is 0. The Morgan fingerprint density at radius 1 is 1.14 bits per heavy atom. The van der Waals surface area contributed by atoms with Crippen molar-refractivity contribution in [1.82, 2.24) is 9.97 Å². The first-order valence-electron chi connectivity index (χ1n) is 6.66. The lowest BCUT2D eigenvalue weighted by molar-refractivity contribution is 0.876. The number of nitrogens with two attached hydrogens (primary N) is 1. The average Bonchev–Trinajstić information content (AvgIpc) is 2.47. The highest BCUT2D eigenvalue weighted by atomic mass is 35.5. The number of benzene rings is 2. The van der Waals surface area contributed by atoms with E-state index in [-0.39, 0.29) is 6.04 Å². The molecule has 0 bridgehead atoms. The normalized spacial score (nSPS) is 12.3. The molecule has 2 aromatic carbocycles. The molecule has 1 aromatic heterocycles. The van der Waals surface area contributed by atoms with Crippen LogP contribution in [0.3, 0.4) is 0 Å². The third-order valence-electron chi connectivity index (χ3n) is 3.36. The summed E-state index contributed by atoms with van der Waals surface area (Å²) in [5.74, 6) is 0.785. The molecule has 21 heavy (non-hydrogen) atoms. The minimum Gasteiger partial charge on any atom is -0.399 e. The summed E-state index contributed by atoms with van der Waals surface area (Å²) in [5, 5.41) is 5.07. The van der Waals surface area contributed by atoms with Gasteiger partial charge in [-0.2, -0.15) is 0 Å². The zero-order valence-electron chi connectivity index (χ0n) is 11.5. The van der Waals surface area contributed by atoms with Gasteiger partial charge in [0.15, 0.2) is 0 Å². The zero-order valence-corrected chi connectivity index (χ0v) is 12.3. The Kier molecular flexibility index (Phi) is 3.62. The Morgan fingerprint density at radius 3 is 2.81 bits per heavy atom. The maximum absolute atomic E-state index is 6.04. The van der Waals surface area contributed by atoms with Gasteiger partial charge in [0.2, 0.25) is 0 Å². The zero-order chi connectivity index (χ0) is 14.8. The van der Waals surface area contributed by atoms with E-state index < -0.39 is 0 Å². The molecule has 3 aromatic rings. The van der Waals surface area contributed by atoms with Crippen LogP contribution in [0.4, 0.5) is 11.5 Å². The smallest absolute Gasteiger partial charge is 0.137 e. The number of rotatable bonds is 3. The van der Waals surface area contributed by atoms with E-state index in [1.165, 1.54) is 6.33 Å². The molecule has 1 unspecified atom stereocenters. The SMILES string of the molecule is CC(Nc1ncnc2cc(N)ccc12)c1cccc(Cl)c1. The molecule has 5 heteroatoms. The number of nitrogens with zero attached hydrogens (tertiary/aromatic N) is 2. The highest BCUT2D eigenvalue weighted by Crippen LogP contribution is 2.26. The third kappa shape index (κ3) is 2.90. The molecule has 3 N–H and O–H groups in total. The van der Waals surface area contributed by atoms with Gasteiger partial charge in [0.1, 0.15) is 12.1 Å². The van der Waals surface area contributed by atoms with Crippen molar-refractivity contribution in [3.8, 4) is 0 Å². The molecular weight excluding hydrogens is 284 g/mol. The van der Waals surface area contributed by atoms with Crippen molar-refractivity contribution in [2.75, 3.05) is 11.1 Å². The molecule has 4 nitrogen and oxygen atoms in total. The van der Waals surface area contributed by atoms with Crippen molar-refractivity contribution in [2.24, 2.45) is 0 Å². The minimum absolute atomic E-state index is 0.0827. The Balaban J connectivity index is 1.94. The lowest BCUT2D eigenvalue weighted by Gasteiger charge is -2.16. The number of fused-ring (bicyclic) bond motifs is 1. The quantitative estimate of drug-likeness (QED) is 0.716. The summed E-state index contributed by atoms with van der Waals surface area (Å²) in [5.41, 5.74) is 8.40. The van der Waals surface area contributed by atoms with Crippen LogP contribution in [-0.4, -0.2) is 9.97 Å². The number of halogens is 1. The van der Waals surface area contributed by atoms with Gasteiger partial charge >= 0.3 is 0 Å². The second-order valence-electron chi connectivity index (χ2n) is 4.92. The molecule has 0 aliphatic heterocycles. The Bertz CT molecular complexity index is 788. The van der Waals surface area contributed by atoms with Gasteiger partial charge in [0.05, 0.1) is 11.6 Å². The monoisotopic (exact) mass is 298 g/mol. The first-order valence-corrected chi connectivity index (χ1v) is 7.03. The maximum atomic E-state index is 6.04. The van der Waals surface area contributed by atoms with Crippen molar-refractivity contribution in [3.05, 3.63) is 59.4 Å². The van der Waals surface area contributed by atoms with Crippen LogP contribution in [0, 0.1) is 0 Å². The van der Waals surface area contributed by atoms with E-state index in [4.69, 9.17) is 17.3 Å². The topological polar surface area (TPSA) is 63.8 Å². The summed E-state index contributed by atoms with van der Waals surface area (Å²) in [4.78, 5) is 8.57. The molecule has 106 valence electrons. The van der Waals surface area contributed by atoms with E-state index in [9.17, 15) is 0 Å². The molecule has 1 heterocycles. The molecule has 0 aliphatic rings. The predicted octanol–water partition coefficient (Wildman–Crippen LogP) is 4.04. The van der Waals surface area contributed by atoms with Crippen LogP contribution in [-0.2, 0) is 0 Å². The lowest BCUT2D eigenvalue weighted by Crippen LogP contribution is -2.08. The van der Waals surface area contributed by atoms with Crippen LogP contribution in [0.5, 0.6) is 0 Å². The molecule has 0 amide bonds. The molecule has 0 saturated heterocycles. The van der Waals surface area contributed by atoms with Crippen LogP contribution in [0.15, 0.2) is 48.8 Å². The van der Waals surface area contributed by atoms with Gasteiger partial charge in [-0.15, -0.1) is 0 Å². The fraction of sp³-hybridized carbons (Fsp3) is 0.125.